The summed E-state index contributed by atoms with van der Waals surface area (Å²) >= 11 is 3.45. The van der Waals surface area contributed by atoms with Gasteiger partial charge in [-0.15, -0.1) is 0 Å². The maximum absolute atomic E-state index is 11.1. The molecule has 0 heterocycles. The van der Waals surface area contributed by atoms with Crippen LogP contribution in [0.5, 0.6) is 0 Å². The number of hydrazine groups is 1. The van der Waals surface area contributed by atoms with E-state index in [2.05, 4.69) is 21.4 Å². The number of aryl methyl sites for hydroxylation is 1. The Hall–Kier alpha value is -0.430. The van der Waals surface area contributed by atoms with Crippen molar-refractivity contribution < 1.29 is 8.42 Å². The first kappa shape index (κ1) is 14.6. The number of hydrogen-bond acceptors (Lipinski definition) is 4. The summed E-state index contributed by atoms with van der Waals surface area (Å²) in [5, 5.41) is 0. The summed E-state index contributed by atoms with van der Waals surface area (Å²) in [6.45, 7) is 2.00. The number of hydrogen-bond donors (Lipinski definition) is 2. The van der Waals surface area contributed by atoms with E-state index < -0.39 is 9.84 Å². The molecule has 0 aromatic heterocycles. The molecule has 0 aliphatic carbocycles. The van der Waals surface area contributed by atoms with E-state index in [9.17, 15) is 8.42 Å². The molecule has 0 fully saturated rings. The fourth-order valence-electron chi connectivity index (χ4n) is 1.50. The first-order valence-corrected chi connectivity index (χ1v) is 8.09. The highest BCUT2D eigenvalue weighted by molar-refractivity contribution is 9.10. The fourth-order valence-corrected chi connectivity index (χ4v) is 2.56. The second kappa shape index (κ2) is 5.95. The third-order valence-corrected chi connectivity index (χ3v) is 4.41. The third-order valence-electron chi connectivity index (χ3n) is 2.58. The van der Waals surface area contributed by atoms with E-state index in [1.165, 1.54) is 6.26 Å². The Morgan fingerprint density at radius 1 is 1.47 bits per heavy atom. The van der Waals surface area contributed by atoms with E-state index in [-0.39, 0.29) is 11.8 Å². The number of benzene rings is 1. The van der Waals surface area contributed by atoms with Crippen LogP contribution in [0.4, 0.5) is 0 Å². The topological polar surface area (TPSA) is 72.2 Å². The summed E-state index contributed by atoms with van der Waals surface area (Å²) in [7, 11) is -2.96. The molecule has 0 bridgehead atoms. The summed E-state index contributed by atoms with van der Waals surface area (Å²) < 4.78 is 23.2. The highest BCUT2D eigenvalue weighted by Crippen LogP contribution is 2.23. The minimum Gasteiger partial charge on any atom is -0.271 e. The van der Waals surface area contributed by atoms with Gasteiger partial charge >= 0.3 is 0 Å². The molecule has 0 aliphatic heterocycles. The summed E-state index contributed by atoms with van der Waals surface area (Å²) in [5.74, 6) is 5.58. The molecule has 0 aliphatic rings. The van der Waals surface area contributed by atoms with E-state index in [4.69, 9.17) is 5.84 Å². The van der Waals surface area contributed by atoms with Gasteiger partial charge in [-0.25, -0.2) is 8.42 Å². The zero-order chi connectivity index (χ0) is 13.1. The van der Waals surface area contributed by atoms with Crippen LogP contribution < -0.4 is 11.3 Å². The zero-order valence-corrected chi connectivity index (χ0v) is 12.3. The number of sulfone groups is 1. The Balaban J connectivity index is 2.83. The van der Waals surface area contributed by atoms with Gasteiger partial charge in [0.15, 0.2) is 0 Å². The van der Waals surface area contributed by atoms with Crippen molar-refractivity contribution in [3.05, 3.63) is 33.8 Å². The lowest BCUT2D eigenvalue weighted by atomic mass is 10.0. The van der Waals surface area contributed by atoms with Crippen molar-refractivity contribution in [1.82, 2.24) is 5.43 Å². The third kappa shape index (κ3) is 4.75. The van der Waals surface area contributed by atoms with Gasteiger partial charge < -0.3 is 0 Å². The van der Waals surface area contributed by atoms with Gasteiger partial charge in [-0.1, -0.05) is 28.1 Å². The molecule has 4 nitrogen and oxygen atoms in total. The summed E-state index contributed by atoms with van der Waals surface area (Å²) in [6, 6.07) is 5.74. The summed E-state index contributed by atoms with van der Waals surface area (Å²) in [5.41, 5.74) is 4.76. The molecule has 1 unspecified atom stereocenters. The minimum absolute atomic E-state index is 0.118. The smallest absolute Gasteiger partial charge is 0.147 e. The molecular weight excluding hydrogens is 304 g/mol. The molecule has 1 atom stereocenters. The van der Waals surface area contributed by atoms with Crippen LogP contribution in [0.2, 0.25) is 0 Å². The Labute approximate surface area is 111 Å². The second-order valence-corrected chi connectivity index (χ2v) is 7.26. The Kier molecular flexibility index (Phi) is 5.12. The van der Waals surface area contributed by atoms with Crippen LogP contribution in [0, 0.1) is 6.92 Å². The lowest BCUT2D eigenvalue weighted by molar-refractivity contribution is 0.531. The maximum atomic E-state index is 11.1. The van der Waals surface area contributed by atoms with Crippen molar-refractivity contribution in [2.24, 2.45) is 5.84 Å². The zero-order valence-electron chi connectivity index (χ0n) is 9.90. The first-order chi connectivity index (χ1) is 7.83. The van der Waals surface area contributed by atoms with Crippen LogP contribution in [0.25, 0.3) is 0 Å². The number of nitrogens with one attached hydrogen (secondary N) is 1. The van der Waals surface area contributed by atoms with Crippen LogP contribution in [0.3, 0.4) is 0 Å². The Morgan fingerprint density at radius 3 is 2.59 bits per heavy atom. The lowest BCUT2D eigenvalue weighted by Crippen LogP contribution is -2.29. The van der Waals surface area contributed by atoms with Crippen LogP contribution in [0.1, 0.15) is 23.6 Å². The molecule has 3 N–H and O–H groups in total. The second-order valence-electron chi connectivity index (χ2n) is 4.15. The van der Waals surface area contributed by atoms with Crippen molar-refractivity contribution in [2.45, 2.75) is 19.4 Å². The highest BCUT2D eigenvalue weighted by atomic mass is 79.9. The van der Waals surface area contributed by atoms with E-state index in [0.717, 1.165) is 15.6 Å². The van der Waals surface area contributed by atoms with E-state index in [1.54, 1.807) is 0 Å². The van der Waals surface area contributed by atoms with Gasteiger partial charge in [0.25, 0.3) is 0 Å². The van der Waals surface area contributed by atoms with Gasteiger partial charge in [0, 0.05) is 16.8 Å². The molecule has 0 saturated heterocycles. The van der Waals surface area contributed by atoms with Crippen LogP contribution in [0.15, 0.2) is 22.7 Å². The van der Waals surface area contributed by atoms with E-state index in [0.29, 0.717) is 6.42 Å². The molecular formula is C11H17BrN2O2S. The predicted molar refractivity (Wildman–Crippen MR) is 73.3 cm³/mol. The largest absolute Gasteiger partial charge is 0.271 e. The molecule has 17 heavy (non-hydrogen) atoms. The predicted octanol–water partition coefficient (Wildman–Crippen LogP) is 1.70. The quantitative estimate of drug-likeness (QED) is 0.639. The van der Waals surface area contributed by atoms with Crippen molar-refractivity contribution in [1.29, 1.82) is 0 Å². The van der Waals surface area contributed by atoms with E-state index in [1.807, 2.05) is 25.1 Å². The number of nitrogens with two attached hydrogens (primary N) is 1. The molecule has 96 valence electrons. The molecule has 6 heteroatoms. The molecule has 0 saturated carbocycles. The number of rotatable bonds is 5. The standard InChI is InChI=1S/C11H17BrN2O2S/c1-8-3-4-9(7-10(8)12)11(14-13)5-6-17(2,15)16/h3-4,7,11,14H,5-6,13H2,1-2H3. The monoisotopic (exact) mass is 320 g/mol. The molecule has 0 amide bonds. The van der Waals surface area contributed by atoms with Gasteiger partial charge in [-0.3, -0.25) is 11.3 Å². The van der Waals surface area contributed by atoms with Crippen LogP contribution in [-0.2, 0) is 9.84 Å². The lowest BCUT2D eigenvalue weighted by Gasteiger charge is -2.16. The Bertz CT molecular complexity index is 488. The van der Waals surface area contributed by atoms with Crippen molar-refractivity contribution in [3.63, 3.8) is 0 Å². The average molecular weight is 321 g/mol. The summed E-state index contributed by atoms with van der Waals surface area (Å²) in [6.07, 6.45) is 1.69. The Morgan fingerprint density at radius 2 is 2.12 bits per heavy atom. The number of halogens is 1. The molecule has 1 rings (SSSR count). The van der Waals surface area contributed by atoms with Gasteiger partial charge in [0.1, 0.15) is 9.84 Å². The van der Waals surface area contributed by atoms with Gasteiger partial charge in [-0.05, 0) is 30.5 Å². The van der Waals surface area contributed by atoms with Crippen LogP contribution >= 0.6 is 15.9 Å². The van der Waals surface area contributed by atoms with Gasteiger partial charge in [-0.2, -0.15) is 0 Å². The fraction of sp³-hybridized carbons (Fsp3) is 0.455. The molecule has 0 spiro atoms. The molecule has 1 aromatic rings. The SMILES string of the molecule is Cc1ccc(C(CCS(C)(=O)=O)NN)cc1Br. The summed E-state index contributed by atoms with van der Waals surface area (Å²) in [4.78, 5) is 0. The van der Waals surface area contributed by atoms with Crippen molar-refractivity contribution in [3.8, 4) is 0 Å². The molecule has 1 aromatic carbocycles. The van der Waals surface area contributed by atoms with Crippen LogP contribution in [-0.4, -0.2) is 20.4 Å². The van der Waals surface area contributed by atoms with Gasteiger partial charge in [0.2, 0.25) is 0 Å². The highest BCUT2D eigenvalue weighted by Gasteiger charge is 2.13. The molecule has 0 radical (unpaired) electrons. The van der Waals surface area contributed by atoms with Crippen molar-refractivity contribution in [2.75, 3.05) is 12.0 Å². The average Bonchev–Trinajstić information content (AvgIpc) is 2.22. The van der Waals surface area contributed by atoms with E-state index >= 15 is 0 Å². The normalized spacial score (nSPS) is 13.6. The first-order valence-electron chi connectivity index (χ1n) is 5.23. The van der Waals surface area contributed by atoms with Gasteiger partial charge in [0.05, 0.1) is 5.75 Å². The minimum atomic E-state index is -2.96. The maximum Gasteiger partial charge on any atom is 0.147 e. The van der Waals surface area contributed by atoms with Crippen molar-refractivity contribution >= 4 is 25.8 Å².